The molecule has 1 fully saturated rings. The first kappa shape index (κ1) is 10.9. The van der Waals surface area contributed by atoms with Crippen LogP contribution < -0.4 is 5.48 Å². The van der Waals surface area contributed by atoms with Gasteiger partial charge in [0.2, 0.25) is 5.54 Å². The summed E-state index contributed by atoms with van der Waals surface area (Å²) in [4.78, 5) is 25.9. The Labute approximate surface area is 83.2 Å². The number of nitrogens with zero attached hydrogens (tertiary/aromatic N) is 2. The molecule has 0 amide bonds. The maximum absolute atomic E-state index is 10.7. The molecule has 78 valence electrons. The van der Waals surface area contributed by atoms with E-state index in [1.807, 2.05) is 0 Å². The average Bonchev–Trinajstić information content (AvgIpc) is 2.59. The largest absolute Gasteiger partial charge is 0.479 e. The van der Waals surface area contributed by atoms with Gasteiger partial charge in [-0.1, -0.05) is 0 Å². The highest BCUT2D eigenvalue weighted by Crippen LogP contribution is 2.30. The predicted octanol–water partition coefficient (Wildman–Crippen LogP) is -1.39. The minimum atomic E-state index is -2.45. The Hall–Kier alpha value is -2.16. The van der Waals surface area contributed by atoms with Crippen molar-refractivity contribution in [1.82, 2.24) is 5.48 Å². The predicted molar refractivity (Wildman–Crippen MR) is 40.8 cm³/mol. The summed E-state index contributed by atoms with van der Waals surface area (Å²) in [6.45, 7) is 0. The highest BCUT2D eigenvalue weighted by Gasteiger charge is 2.60. The Morgan fingerprint density at radius 3 is 1.93 bits per heavy atom. The first-order valence-corrected chi connectivity index (χ1v) is 3.67. The van der Waals surface area contributed by atoms with E-state index in [4.69, 9.17) is 20.7 Å². The molecule has 0 aromatic carbocycles. The second-order valence-corrected chi connectivity index (χ2v) is 2.95. The van der Waals surface area contributed by atoms with E-state index >= 15 is 0 Å². The van der Waals surface area contributed by atoms with E-state index < -0.39 is 29.5 Å². The Morgan fingerprint density at radius 2 is 1.73 bits per heavy atom. The average molecular weight is 211 g/mol. The van der Waals surface area contributed by atoms with Crippen LogP contribution in [0.15, 0.2) is 0 Å². The molecule has 8 nitrogen and oxygen atoms in total. The minimum Gasteiger partial charge on any atom is -0.479 e. The topological polar surface area (TPSA) is 143 Å². The number of hydroxylamine groups is 1. The van der Waals surface area contributed by atoms with Crippen molar-refractivity contribution >= 4 is 11.9 Å². The third-order valence-corrected chi connectivity index (χ3v) is 2.00. The Balaban J connectivity index is 3.13. The smallest absolute Gasteiger partial charge is 0.338 e. The number of rotatable bonds is 2. The van der Waals surface area contributed by atoms with E-state index in [1.165, 1.54) is 12.1 Å². The minimum absolute atomic E-state index is 0.780. The molecule has 1 heterocycles. The molecule has 1 rings (SSSR count). The van der Waals surface area contributed by atoms with Gasteiger partial charge in [-0.05, 0) is 0 Å². The van der Waals surface area contributed by atoms with Crippen molar-refractivity contribution in [1.29, 1.82) is 10.5 Å². The molecule has 3 N–H and O–H groups in total. The summed E-state index contributed by atoms with van der Waals surface area (Å²) < 4.78 is 0. The summed E-state index contributed by atoms with van der Waals surface area (Å²) in [5, 5.41) is 34.6. The van der Waals surface area contributed by atoms with Crippen LogP contribution in [0.1, 0.15) is 6.42 Å². The van der Waals surface area contributed by atoms with Gasteiger partial charge in [0.1, 0.15) is 12.1 Å². The molecule has 1 aliphatic heterocycles. The van der Waals surface area contributed by atoms with Gasteiger partial charge in [0.15, 0.2) is 0 Å². The molecule has 0 aliphatic carbocycles. The van der Waals surface area contributed by atoms with E-state index in [1.54, 1.807) is 5.48 Å². The van der Waals surface area contributed by atoms with E-state index in [2.05, 4.69) is 4.84 Å². The van der Waals surface area contributed by atoms with Crippen LogP contribution in [0.5, 0.6) is 0 Å². The number of hydrogen-bond donors (Lipinski definition) is 3. The molecular weight excluding hydrogens is 206 g/mol. The first-order valence-electron chi connectivity index (χ1n) is 3.67. The SMILES string of the molecule is N#CC1(C#N)CC(C(=O)O)(C(=O)O)NO1. The van der Waals surface area contributed by atoms with Gasteiger partial charge in [0.25, 0.3) is 5.60 Å². The maximum atomic E-state index is 10.7. The van der Waals surface area contributed by atoms with Gasteiger partial charge in [-0.2, -0.15) is 16.0 Å². The van der Waals surface area contributed by atoms with Crippen molar-refractivity contribution in [2.45, 2.75) is 17.6 Å². The van der Waals surface area contributed by atoms with E-state index in [-0.39, 0.29) is 0 Å². The summed E-state index contributed by atoms with van der Waals surface area (Å²) in [6, 6.07) is 2.84. The fraction of sp³-hybridized carbons (Fsp3) is 0.429. The van der Waals surface area contributed by atoms with Crippen molar-refractivity contribution in [3.63, 3.8) is 0 Å². The zero-order valence-electron chi connectivity index (χ0n) is 7.22. The second kappa shape index (κ2) is 3.20. The molecule has 15 heavy (non-hydrogen) atoms. The van der Waals surface area contributed by atoms with Gasteiger partial charge in [0.05, 0.1) is 0 Å². The fourth-order valence-corrected chi connectivity index (χ4v) is 1.10. The lowest BCUT2D eigenvalue weighted by atomic mass is 9.88. The molecule has 8 heteroatoms. The maximum Gasteiger partial charge on any atom is 0.338 e. The zero-order valence-corrected chi connectivity index (χ0v) is 7.22. The van der Waals surface area contributed by atoms with Gasteiger partial charge >= 0.3 is 11.9 Å². The van der Waals surface area contributed by atoms with Gasteiger partial charge in [-0.3, -0.25) is 4.84 Å². The highest BCUT2D eigenvalue weighted by molar-refractivity contribution is 6.03. The molecule has 0 saturated carbocycles. The standard InChI is InChI=1S/C7H5N3O5/c8-2-6(3-9)1-7(4(11)12,5(13)14)10-15-6/h10H,1H2,(H,11,12)(H,13,14). The van der Waals surface area contributed by atoms with Crippen LogP contribution in [0.3, 0.4) is 0 Å². The van der Waals surface area contributed by atoms with E-state index in [0.717, 1.165) is 0 Å². The molecule has 0 atom stereocenters. The third-order valence-electron chi connectivity index (χ3n) is 2.00. The van der Waals surface area contributed by atoms with Gasteiger partial charge in [-0.15, -0.1) is 0 Å². The molecule has 0 unspecified atom stereocenters. The summed E-state index contributed by atoms with van der Waals surface area (Å²) >= 11 is 0. The lowest BCUT2D eigenvalue weighted by Gasteiger charge is -2.15. The molecule has 0 aromatic rings. The van der Waals surface area contributed by atoms with Crippen LogP contribution in [0.25, 0.3) is 0 Å². The summed E-state index contributed by atoms with van der Waals surface area (Å²) in [7, 11) is 0. The summed E-state index contributed by atoms with van der Waals surface area (Å²) in [5.74, 6) is -3.44. The Kier molecular flexibility index (Phi) is 2.33. The molecule has 0 spiro atoms. The third kappa shape index (κ3) is 1.38. The van der Waals surface area contributed by atoms with Crippen molar-refractivity contribution in [3.05, 3.63) is 0 Å². The monoisotopic (exact) mass is 211 g/mol. The molecule has 0 aromatic heterocycles. The number of nitrogens with one attached hydrogen (secondary N) is 1. The summed E-state index contributed by atoms with van der Waals surface area (Å²) in [6.07, 6.45) is -0.780. The fourth-order valence-electron chi connectivity index (χ4n) is 1.10. The van der Waals surface area contributed by atoms with Crippen molar-refractivity contribution in [2.24, 2.45) is 0 Å². The lowest BCUT2D eigenvalue weighted by molar-refractivity contribution is -0.161. The summed E-state index contributed by atoms with van der Waals surface area (Å²) in [5.41, 5.74) is -2.82. The Bertz CT molecular complexity index is 376. The number of nitriles is 2. The van der Waals surface area contributed by atoms with Gasteiger partial charge < -0.3 is 10.2 Å². The van der Waals surface area contributed by atoms with Gasteiger partial charge in [0, 0.05) is 6.42 Å². The van der Waals surface area contributed by atoms with Crippen molar-refractivity contribution in [3.8, 4) is 12.1 Å². The second-order valence-electron chi connectivity index (χ2n) is 2.95. The van der Waals surface area contributed by atoms with Crippen molar-refractivity contribution < 1.29 is 24.6 Å². The van der Waals surface area contributed by atoms with Crippen LogP contribution >= 0.6 is 0 Å². The number of carbonyl (C=O) groups is 2. The zero-order chi connectivity index (χ0) is 11.7. The first-order chi connectivity index (χ1) is 6.92. The van der Waals surface area contributed by atoms with Crippen molar-refractivity contribution in [2.75, 3.05) is 0 Å². The Morgan fingerprint density at radius 1 is 1.27 bits per heavy atom. The molecule has 0 radical (unpaired) electrons. The molecule has 1 saturated heterocycles. The number of aliphatic carboxylic acids is 2. The number of carboxylic acid groups (broad SMARTS) is 2. The van der Waals surface area contributed by atoms with Crippen LogP contribution in [0, 0.1) is 22.7 Å². The highest BCUT2D eigenvalue weighted by atomic mass is 16.7. The molecule has 0 bridgehead atoms. The van der Waals surface area contributed by atoms with Crippen LogP contribution in [-0.4, -0.2) is 33.3 Å². The van der Waals surface area contributed by atoms with E-state index in [9.17, 15) is 9.59 Å². The van der Waals surface area contributed by atoms with Gasteiger partial charge in [-0.25, -0.2) is 9.59 Å². The quantitative estimate of drug-likeness (QED) is 0.473. The number of carboxylic acids is 2. The van der Waals surface area contributed by atoms with E-state index in [0.29, 0.717) is 0 Å². The van der Waals surface area contributed by atoms with Crippen LogP contribution in [0.4, 0.5) is 0 Å². The normalized spacial score (nSPS) is 21.2. The molecular formula is C7H5N3O5. The lowest BCUT2D eigenvalue weighted by Crippen LogP contribution is -2.54. The molecule has 1 aliphatic rings. The number of hydrogen-bond acceptors (Lipinski definition) is 6. The van der Waals surface area contributed by atoms with Crippen LogP contribution in [-0.2, 0) is 14.4 Å². The van der Waals surface area contributed by atoms with Crippen LogP contribution in [0.2, 0.25) is 0 Å².